The van der Waals surface area contributed by atoms with Gasteiger partial charge in [0.05, 0.1) is 22.2 Å². The molecule has 0 spiro atoms. The molecule has 1 N–H and O–H groups in total. The third kappa shape index (κ3) is 8.07. The number of rotatable bonds is 13. The number of ether oxygens (including phenoxy) is 1. The highest BCUT2D eigenvalue weighted by Gasteiger charge is 2.34. The van der Waals surface area contributed by atoms with E-state index in [0.717, 1.165) is 9.87 Å². The lowest BCUT2D eigenvalue weighted by Gasteiger charge is -2.33. The van der Waals surface area contributed by atoms with Crippen molar-refractivity contribution in [3.8, 4) is 5.75 Å². The molecule has 0 heterocycles. The molecule has 0 aliphatic heterocycles. The van der Waals surface area contributed by atoms with E-state index in [1.165, 1.54) is 54.5 Å². The quantitative estimate of drug-likeness (QED) is 0.267. The van der Waals surface area contributed by atoms with Crippen molar-refractivity contribution in [3.63, 3.8) is 0 Å². The Morgan fingerprint density at radius 2 is 1.68 bits per heavy atom. The van der Waals surface area contributed by atoms with Gasteiger partial charge in [0, 0.05) is 13.1 Å². The van der Waals surface area contributed by atoms with Gasteiger partial charge in [0.2, 0.25) is 11.8 Å². The van der Waals surface area contributed by atoms with Gasteiger partial charge >= 0.3 is 0 Å². The van der Waals surface area contributed by atoms with Gasteiger partial charge in [-0.25, -0.2) is 12.8 Å². The standard InChI is InChI=1S/C30H35BrFN3O5S/c1-5-17-33-30(37)27(6-2)34(19-22-9-11-23(32)12-10-22)29(36)20-35(24-13-7-21(3)8-14-24)41(38,39)25-15-16-28(40-4)26(31)18-25/h7-16,18,27H,5-6,17,19-20H2,1-4H3,(H,33,37)/t27-/m1/s1. The fraction of sp³-hybridized carbons (Fsp3) is 0.333. The zero-order chi connectivity index (χ0) is 30.2. The van der Waals surface area contributed by atoms with Gasteiger partial charge in [0.25, 0.3) is 10.0 Å². The Balaban J connectivity index is 2.06. The van der Waals surface area contributed by atoms with E-state index in [2.05, 4.69) is 21.2 Å². The van der Waals surface area contributed by atoms with Gasteiger partial charge < -0.3 is 15.0 Å². The van der Waals surface area contributed by atoms with Gasteiger partial charge in [-0.3, -0.25) is 13.9 Å². The lowest BCUT2D eigenvalue weighted by Crippen LogP contribution is -2.52. The molecule has 41 heavy (non-hydrogen) atoms. The van der Waals surface area contributed by atoms with E-state index in [9.17, 15) is 22.4 Å². The number of carbonyl (C=O) groups excluding carboxylic acids is 2. The number of methoxy groups -OCH3 is 1. The number of anilines is 1. The number of nitrogens with zero attached hydrogens (tertiary/aromatic N) is 2. The topological polar surface area (TPSA) is 96.0 Å². The molecule has 8 nitrogen and oxygen atoms in total. The van der Waals surface area contributed by atoms with Crippen LogP contribution in [0.1, 0.15) is 37.8 Å². The number of aryl methyl sites for hydroxylation is 1. The Morgan fingerprint density at radius 1 is 1.02 bits per heavy atom. The monoisotopic (exact) mass is 647 g/mol. The van der Waals surface area contributed by atoms with Crippen LogP contribution in [-0.4, -0.2) is 51.4 Å². The van der Waals surface area contributed by atoms with E-state index in [-0.39, 0.29) is 17.3 Å². The van der Waals surface area contributed by atoms with Crippen LogP contribution < -0.4 is 14.4 Å². The maximum atomic E-state index is 14.0. The molecule has 0 aliphatic carbocycles. The summed E-state index contributed by atoms with van der Waals surface area (Å²) in [6.07, 6.45) is 1.01. The first-order valence-corrected chi connectivity index (χ1v) is 15.5. The molecule has 3 rings (SSSR count). The van der Waals surface area contributed by atoms with Gasteiger partial charge in [-0.2, -0.15) is 0 Å². The molecule has 0 aromatic heterocycles. The fourth-order valence-corrected chi connectivity index (χ4v) is 6.38. The van der Waals surface area contributed by atoms with Gasteiger partial charge in [-0.15, -0.1) is 0 Å². The summed E-state index contributed by atoms with van der Waals surface area (Å²) in [5.41, 5.74) is 1.81. The summed E-state index contributed by atoms with van der Waals surface area (Å²) in [4.78, 5) is 28.5. The SMILES string of the molecule is CCCNC(=O)[C@@H](CC)N(Cc1ccc(F)cc1)C(=O)CN(c1ccc(C)cc1)S(=O)(=O)c1ccc(OC)c(Br)c1. The van der Waals surface area contributed by atoms with Crippen molar-refractivity contribution in [2.75, 3.05) is 24.5 Å². The number of hydrogen-bond acceptors (Lipinski definition) is 5. The zero-order valence-corrected chi connectivity index (χ0v) is 26.0. The molecular weight excluding hydrogens is 613 g/mol. The highest BCUT2D eigenvalue weighted by molar-refractivity contribution is 9.10. The molecule has 0 radical (unpaired) electrons. The molecule has 0 unspecified atom stereocenters. The van der Waals surface area contributed by atoms with Crippen molar-refractivity contribution in [1.82, 2.24) is 10.2 Å². The second-order valence-electron chi connectivity index (χ2n) is 9.51. The van der Waals surface area contributed by atoms with Crippen molar-refractivity contribution in [2.24, 2.45) is 0 Å². The van der Waals surface area contributed by atoms with E-state index in [1.807, 2.05) is 13.8 Å². The number of carbonyl (C=O) groups is 2. The minimum Gasteiger partial charge on any atom is -0.496 e. The highest BCUT2D eigenvalue weighted by Crippen LogP contribution is 2.31. The van der Waals surface area contributed by atoms with Crippen LogP contribution in [0.4, 0.5) is 10.1 Å². The Morgan fingerprint density at radius 3 is 2.24 bits per heavy atom. The van der Waals surface area contributed by atoms with Crippen LogP contribution in [0.2, 0.25) is 0 Å². The number of halogens is 2. The third-order valence-corrected chi connectivity index (χ3v) is 8.90. The van der Waals surface area contributed by atoms with Crippen LogP contribution in [0, 0.1) is 12.7 Å². The van der Waals surface area contributed by atoms with E-state index in [0.29, 0.717) is 40.9 Å². The predicted octanol–water partition coefficient (Wildman–Crippen LogP) is 5.43. The fourth-order valence-electron chi connectivity index (χ4n) is 4.25. The van der Waals surface area contributed by atoms with Gasteiger partial charge in [-0.1, -0.05) is 43.7 Å². The summed E-state index contributed by atoms with van der Waals surface area (Å²) in [6.45, 7) is 5.44. The Kier molecular flexibility index (Phi) is 11.3. The first-order valence-electron chi connectivity index (χ1n) is 13.3. The summed E-state index contributed by atoms with van der Waals surface area (Å²) in [6, 6.07) is 15.9. The van der Waals surface area contributed by atoms with Crippen molar-refractivity contribution in [2.45, 2.75) is 51.1 Å². The van der Waals surface area contributed by atoms with Gasteiger partial charge in [-0.05, 0) is 83.7 Å². The predicted molar refractivity (Wildman–Crippen MR) is 161 cm³/mol. The van der Waals surface area contributed by atoms with Crippen LogP contribution in [0.3, 0.4) is 0 Å². The molecule has 3 aromatic rings. The second kappa shape index (κ2) is 14.5. The van der Waals surface area contributed by atoms with Gasteiger partial charge in [0.1, 0.15) is 24.2 Å². The molecule has 0 saturated carbocycles. The molecule has 11 heteroatoms. The van der Waals surface area contributed by atoms with Crippen molar-refractivity contribution < 1.29 is 27.1 Å². The summed E-state index contributed by atoms with van der Waals surface area (Å²) >= 11 is 3.34. The second-order valence-corrected chi connectivity index (χ2v) is 12.2. The average molecular weight is 649 g/mol. The van der Waals surface area contributed by atoms with E-state index in [4.69, 9.17) is 4.74 Å². The molecule has 3 aromatic carbocycles. The smallest absolute Gasteiger partial charge is 0.264 e. The van der Waals surface area contributed by atoms with E-state index < -0.39 is 34.3 Å². The number of hydrogen-bond donors (Lipinski definition) is 1. The van der Waals surface area contributed by atoms with Crippen molar-refractivity contribution >= 4 is 43.5 Å². The Bertz CT molecular complexity index is 1450. The molecule has 2 amide bonds. The lowest BCUT2D eigenvalue weighted by molar-refractivity contribution is -0.140. The van der Waals surface area contributed by atoms with E-state index in [1.54, 1.807) is 31.2 Å². The third-order valence-electron chi connectivity index (χ3n) is 6.51. The Hall–Kier alpha value is -3.44. The number of amides is 2. The maximum Gasteiger partial charge on any atom is 0.264 e. The largest absolute Gasteiger partial charge is 0.496 e. The average Bonchev–Trinajstić information content (AvgIpc) is 2.96. The van der Waals surface area contributed by atoms with E-state index >= 15 is 0 Å². The minimum atomic E-state index is -4.24. The van der Waals surface area contributed by atoms with Gasteiger partial charge in [0.15, 0.2) is 0 Å². The Labute approximate surface area is 249 Å². The summed E-state index contributed by atoms with van der Waals surface area (Å²) < 4.78 is 48.3. The van der Waals surface area contributed by atoms with Crippen molar-refractivity contribution in [1.29, 1.82) is 0 Å². The van der Waals surface area contributed by atoms with Crippen LogP contribution in [0.5, 0.6) is 5.75 Å². The van der Waals surface area contributed by atoms with Crippen molar-refractivity contribution in [3.05, 3.63) is 88.1 Å². The normalized spacial score (nSPS) is 12.0. The summed E-state index contributed by atoms with van der Waals surface area (Å²) in [5.74, 6) is -0.892. The van der Waals surface area contributed by atoms with Crippen LogP contribution in [-0.2, 0) is 26.2 Å². The van der Waals surface area contributed by atoms with Crippen LogP contribution in [0.25, 0.3) is 0 Å². The number of nitrogens with one attached hydrogen (secondary N) is 1. The molecule has 0 aliphatic rings. The number of benzene rings is 3. The highest BCUT2D eigenvalue weighted by atomic mass is 79.9. The first-order chi connectivity index (χ1) is 19.5. The zero-order valence-electron chi connectivity index (χ0n) is 23.6. The summed E-state index contributed by atoms with van der Waals surface area (Å²) in [5, 5.41) is 2.84. The molecule has 0 saturated heterocycles. The summed E-state index contributed by atoms with van der Waals surface area (Å²) in [7, 11) is -2.76. The molecule has 0 fully saturated rings. The lowest BCUT2D eigenvalue weighted by atomic mass is 10.1. The molecule has 0 bridgehead atoms. The molecule has 1 atom stereocenters. The molecular formula is C30H35BrFN3O5S. The van der Waals surface area contributed by atoms with Crippen LogP contribution in [0.15, 0.2) is 76.1 Å². The molecule has 220 valence electrons. The first kappa shape index (κ1) is 32.1. The van der Waals surface area contributed by atoms with Crippen LogP contribution >= 0.6 is 15.9 Å². The maximum absolute atomic E-state index is 14.0. The number of sulfonamides is 1. The minimum absolute atomic E-state index is 0.00691.